The lowest BCUT2D eigenvalue weighted by Gasteiger charge is -2.34. The number of aliphatic carboxylic acids is 1. The summed E-state index contributed by atoms with van der Waals surface area (Å²) in [7, 11) is 0. The predicted octanol–water partition coefficient (Wildman–Crippen LogP) is 3.58. The molecule has 3 N–H and O–H groups in total. The highest BCUT2D eigenvalue weighted by atomic mass is 16.6. The van der Waals surface area contributed by atoms with Crippen LogP contribution in [-0.2, 0) is 20.8 Å². The second-order valence-electron chi connectivity index (χ2n) is 11.2. The molecular formula is C30H31N3O6. The number of carboxylic acids is 1. The van der Waals surface area contributed by atoms with E-state index >= 15 is 0 Å². The Bertz CT molecular complexity index is 1480. The van der Waals surface area contributed by atoms with Crippen molar-refractivity contribution in [2.24, 2.45) is 11.8 Å². The summed E-state index contributed by atoms with van der Waals surface area (Å²) in [4.78, 5) is 46.2. The van der Waals surface area contributed by atoms with Gasteiger partial charge in [-0.05, 0) is 42.2 Å². The Morgan fingerprint density at radius 3 is 2.56 bits per heavy atom. The van der Waals surface area contributed by atoms with E-state index in [0.29, 0.717) is 30.3 Å². The van der Waals surface area contributed by atoms with Crippen LogP contribution in [0.3, 0.4) is 0 Å². The third-order valence-corrected chi connectivity index (χ3v) is 9.08. The van der Waals surface area contributed by atoms with Gasteiger partial charge in [0.1, 0.15) is 18.8 Å². The molecule has 1 aromatic heterocycles. The molecule has 3 fully saturated rings. The first-order valence-corrected chi connectivity index (χ1v) is 13.8. The van der Waals surface area contributed by atoms with Crippen LogP contribution in [0.25, 0.3) is 10.9 Å². The number of hydrogen-bond donors (Lipinski definition) is 3. The number of carbonyl (C=O) groups is 3. The summed E-state index contributed by atoms with van der Waals surface area (Å²) in [5.41, 5.74) is 0.731. The summed E-state index contributed by atoms with van der Waals surface area (Å²) in [6.45, 7) is 0.863. The zero-order valence-corrected chi connectivity index (χ0v) is 21.5. The van der Waals surface area contributed by atoms with Gasteiger partial charge in [0.25, 0.3) is 0 Å². The highest BCUT2D eigenvalue weighted by Crippen LogP contribution is 2.52. The smallest absolute Gasteiger partial charge is 0.325 e. The third kappa shape index (κ3) is 3.66. The molecule has 9 heteroatoms. The van der Waals surface area contributed by atoms with Crippen LogP contribution in [-0.4, -0.2) is 57.6 Å². The van der Waals surface area contributed by atoms with Crippen LogP contribution in [0.15, 0.2) is 48.7 Å². The number of aromatic amines is 1. The van der Waals surface area contributed by atoms with Crippen LogP contribution >= 0.6 is 0 Å². The minimum absolute atomic E-state index is 0.0616. The van der Waals surface area contributed by atoms with E-state index in [0.717, 1.165) is 48.6 Å². The first kappa shape index (κ1) is 24.2. The fraction of sp³-hybridized carbons (Fsp3) is 0.433. The molecule has 202 valence electrons. The minimum Gasteiger partial charge on any atom is -0.486 e. The Morgan fingerprint density at radius 1 is 1.00 bits per heavy atom. The highest BCUT2D eigenvalue weighted by molar-refractivity contribution is 6.10. The maximum absolute atomic E-state index is 14.2. The average molecular weight is 530 g/mol. The van der Waals surface area contributed by atoms with Crippen LogP contribution in [0.2, 0.25) is 0 Å². The molecule has 0 bridgehead atoms. The Balaban J connectivity index is 1.35. The summed E-state index contributed by atoms with van der Waals surface area (Å²) in [6, 6.07) is 12.3. The number of likely N-dealkylation sites (tertiary alicyclic amines) is 1. The maximum atomic E-state index is 14.2. The van der Waals surface area contributed by atoms with Crippen LogP contribution in [0.5, 0.6) is 11.5 Å². The van der Waals surface area contributed by atoms with E-state index in [1.807, 2.05) is 42.6 Å². The number of aromatic nitrogens is 1. The number of benzene rings is 2. The number of amides is 2. The largest absolute Gasteiger partial charge is 0.486 e. The number of carbonyl (C=O) groups excluding carboxylic acids is 2. The fourth-order valence-corrected chi connectivity index (χ4v) is 7.28. The van der Waals surface area contributed by atoms with Crippen molar-refractivity contribution in [3.63, 3.8) is 0 Å². The van der Waals surface area contributed by atoms with Crippen molar-refractivity contribution >= 4 is 28.7 Å². The van der Waals surface area contributed by atoms with Gasteiger partial charge in [-0.1, -0.05) is 43.5 Å². The predicted molar refractivity (Wildman–Crippen MR) is 141 cm³/mol. The molecule has 39 heavy (non-hydrogen) atoms. The van der Waals surface area contributed by atoms with Gasteiger partial charge in [-0.3, -0.25) is 24.6 Å². The van der Waals surface area contributed by atoms with Crippen LogP contribution < -0.4 is 14.8 Å². The summed E-state index contributed by atoms with van der Waals surface area (Å²) in [5, 5.41) is 15.1. The normalized spacial score (nSPS) is 28.7. The van der Waals surface area contributed by atoms with Crippen molar-refractivity contribution in [1.82, 2.24) is 15.2 Å². The van der Waals surface area contributed by atoms with Crippen molar-refractivity contribution in [2.45, 2.75) is 56.1 Å². The number of hydrogen-bond acceptors (Lipinski definition) is 6. The van der Waals surface area contributed by atoms with E-state index < -0.39 is 29.4 Å². The standard InChI is InChI=1S/C30H31N3O6/c34-27-24-25(28(35)33(27)19-6-2-1-3-7-19)30(29(36)37,15-18-16-31-21-9-5-4-8-20(18)21)32-26(24)17-10-11-22-23(14-17)39-13-12-38-22/h4-5,8-11,14,16,19,24-26,31-32H,1-3,6-7,12-13,15H2,(H,36,37). The zero-order valence-electron chi connectivity index (χ0n) is 21.5. The molecule has 1 aliphatic carbocycles. The molecule has 4 heterocycles. The number of nitrogens with zero attached hydrogens (tertiary/aromatic N) is 1. The number of para-hydroxylation sites is 1. The topological polar surface area (TPSA) is 121 Å². The molecule has 4 atom stereocenters. The SMILES string of the molecule is O=C1C2C(c3ccc4c(c3)OCCO4)NC(Cc3c[nH]c4ccccc34)(C(=O)O)C2C(=O)N1C1CCCCC1. The second kappa shape index (κ2) is 9.12. The fourth-order valence-electron chi connectivity index (χ4n) is 7.28. The van der Waals surface area contributed by atoms with E-state index in [2.05, 4.69) is 10.3 Å². The van der Waals surface area contributed by atoms with Crippen LogP contribution in [0.4, 0.5) is 0 Å². The van der Waals surface area contributed by atoms with E-state index in [9.17, 15) is 19.5 Å². The molecule has 0 spiro atoms. The first-order chi connectivity index (χ1) is 19.0. The van der Waals surface area contributed by atoms with Crippen molar-refractivity contribution in [2.75, 3.05) is 13.2 Å². The second-order valence-corrected chi connectivity index (χ2v) is 11.2. The number of H-pyrrole nitrogens is 1. The van der Waals surface area contributed by atoms with Crippen LogP contribution in [0, 0.1) is 11.8 Å². The number of nitrogens with one attached hydrogen (secondary N) is 2. The zero-order chi connectivity index (χ0) is 26.7. The molecule has 3 aliphatic heterocycles. The van der Waals surface area contributed by atoms with E-state index in [1.54, 1.807) is 6.07 Å². The molecule has 1 saturated carbocycles. The number of ether oxygens (including phenoxy) is 2. The summed E-state index contributed by atoms with van der Waals surface area (Å²) in [6.07, 6.45) is 6.40. The molecular weight excluding hydrogens is 498 g/mol. The van der Waals surface area contributed by atoms with Gasteiger partial charge in [0.05, 0.1) is 11.8 Å². The van der Waals surface area contributed by atoms with Crippen LogP contribution in [0.1, 0.15) is 49.3 Å². The molecule has 9 nitrogen and oxygen atoms in total. The van der Waals surface area contributed by atoms with E-state index in [-0.39, 0.29) is 24.3 Å². The van der Waals surface area contributed by atoms with Gasteiger partial charge < -0.3 is 19.6 Å². The summed E-state index contributed by atoms with van der Waals surface area (Å²) >= 11 is 0. The number of rotatable bonds is 5. The van der Waals surface area contributed by atoms with Crippen molar-refractivity contribution < 1.29 is 29.0 Å². The van der Waals surface area contributed by atoms with Gasteiger partial charge in [0, 0.05) is 35.6 Å². The number of imide groups is 1. The lowest BCUT2D eigenvalue weighted by molar-refractivity contribution is -0.152. The maximum Gasteiger partial charge on any atom is 0.325 e. The number of fused-ring (bicyclic) bond motifs is 3. The van der Waals surface area contributed by atoms with Crippen molar-refractivity contribution in [3.8, 4) is 11.5 Å². The lowest BCUT2D eigenvalue weighted by Crippen LogP contribution is -2.58. The van der Waals surface area contributed by atoms with E-state index in [4.69, 9.17) is 9.47 Å². The highest BCUT2D eigenvalue weighted by Gasteiger charge is 2.69. The molecule has 4 aliphatic rings. The Hall–Kier alpha value is -3.85. The quantitative estimate of drug-likeness (QED) is 0.432. The molecule has 2 saturated heterocycles. The lowest BCUT2D eigenvalue weighted by atomic mass is 9.76. The van der Waals surface area contributed by atoms with E-state index in [1.165, 1.54) is 4.90 Å². The van der Waals surface area contributed by atoms with Gasteiger partial charge in [0.15, 0.2) is 11.5 Å². The summed E-state index contributed by atoms with van der Waals surface area (Å²) in [5.74, 6) is -2.46. The molecule has 7 rings (SSSR count). The average Bonchev–Trinajstić information content (AvgIpc) is 3.61. The molecule has 2 amide bonds. The Morgan fingerprint density at radius 2 is 1.77 bits per heavy atom. The van der Waals surface area contributed by atoms with Gasteiger partial charge in [-0.2, -0.15) is 0 Å². The van der Waals surface area contributed by atoms with Gasteiger partial charge in [-0.25, -0.2) is 0 Å². The monoisotopic (exact) mass is 529 g/mol. The van der Waals surface area contributed by atoms with Gasteiger partial charge in [0.2, 0.25) is 11.8 Å². The Labute approximate surface area is 225 Å². The van der Waals surface area contributed by atoms with Crippen molar-refractivity contribution in [1.29, 1.82) is 0 Å². The molecule has 0 radical (unpaired) electrons. The van der Waals surface area contributed by atoms with Gasteiger partial charge >= 0.3 is 5.97 Å². The molecule has 2 aromatic carbocycles. The van der Waals surface area contributed by atoms with Crippen molar-refractivity contribution in [3.05, 3.63) is 59.8 Å². The van der Waals surface area contributed by atoms with Gasteiger partial charge in [-0.15, -0.1) is 0 Å². The molecule has 3 aromatic rings. The number of carboxylic acid groups (broad SMARTS) is 1. The Kier molecular flexibility index (Phi) is 5.66. The summed E-state index contributed by atoms with van der Waals surface area (Å²) < 4.78 is 11.5. The minimum atomic E-state index is -1.66. The molecule has 4 unspecified atom stereocenters. The third-order valence-electron chi connectivity index (χ3n) is 9.08. The first-order valence-electron chi connectivity index (χ1n) is 13.8.